The van der Waals surface area contributed by atoms with Crippen molar-refractivity contribution in [2.75, 3.05) is 48.9 Å². The van der Waals surface area contributed by atoms with Crippen LogP contribution in [0.1, 0.15) is 0 Å². The highest BCUT2D eigenvalue weighted by molar-refractivity contribution is 5.88. The quantitative estimate of drug-likeness (QED) is 0.685. The number of benzene rings is 1. The Kier molecular flexibility index (Phi) is 3.92. The molecule has 2 aromatic heterocycles. The van der Waals surface area contributed by atoms with Gasteiger partial charge in [0.05, 0.1) is 18.6 Å². The molecular formula is C17H20N6O. The normalized spacial score (nSPS) is 14.8. The van der Waals surface area contributed by atoms with E-state index in [1.165, 1.54) is 5.69 Å². The Morgan fingerprint density at radius 1 is 1.08 bits per heavy atom. The average molecular weight is 324 g/mol. The van der Waals surface area contributed by atoms with Crippen molar-refractivity contribution in [3.63, 3.8) is 0 Å². The van der Waals surface area contributed by atoms with E-state index in [9.17, 15) is 0 Å². The number of hydrogen-bond acceptors (Lipinski definition) is 6. The first-order chi connectivity index (χ1) is 11.8. The van der Waals surface area contributed by atoms with E-state index in [2.05, 4.69) is 42.6 Å². The van der Waals surface area contributed by atoms with Gasteiger partial charge in [-0.3, -0.25) is 0 Å². The van der Waals surface area contributed by atoms with Gasteiger partial charge in [-0.2, -0.15) is 9.97 Å². The van der Waals surface area contributed by atoms with Crippen LogP contribution in [0.4, 0.5) is 23.1 Å². The third kappa shape index (κ3) is 2.85. The number of nitrogens with zero attached hydrogens (tertiary/aromatic N) is 3. The molecule has 0 bridgehead atoms. The highest BCUT2D eigenvalue weighted by atomic mass is 16.5. The third-order valence-corrected chi connectivity index (χ3v) is 4.15. The Morgan fingerprint density at radius 3 is 2.62 bits per heavy atom. The lowest BCUT2D eigenvalue weighted by atomic mass is 10.2. The molecule has 0 saturated carbocycles. The maximum absolute atomic E-state index is 5.39. The summed E-state index contributed by atoms with van der Waals surface area (Å²) in [7, 11) is 1.86. The summed E-state index contributed by atoms with van der Waals surface area (Å²) < 4.78 is 5.39. The van der Waals surface area contributed by atoms with Crippen molar-refractivity contribution in [1.29, 1.82) is 0 Å². The minimum atomic E-state index is 0.563. The lowest BCUT2D eigenvalue weighted by Crippen LogP contribution is -2.36. The van der Waals surface area contributed by atoms with Crippen molar-refractivity contribution in [1.82, 2.24) is 15.0 Å². The molecule has 7 heteroatoms. The third-order valence-electron chi connectivity index (χ3n) is 4.15. The Balaban J connectivity index is 1.54. The molecule has 1 aliphatic heterocycles. The van der Waals surface area contributed by atoms with Gasteiger partial charge in [-0.05, 0) is 30.3 Å². The zero-order valence-corrected chi connectivity index (χ0v) is 13.5. The van der Waals surface area contributed by atoms with Crippen LogP contribution in [0.15, 0.2) is 36.5 Å². The largest absolute Gasteiger partial charge is 0.378 e. The second kappa shape index (κ2) is 6.37. The Bertz CT molecular complexity index is 823. The summed E-state index contributed by atoms with van der Waals surface area (Å²) in [5.41, 5.74) is 2.97. The average Bonchev–Trinajstić information content (AvgIpc) is 3.11. The van der Waals surface area contributed by atoms with Gasteiger partial charge in [0.25, 0.3) is 0 Å². The molecule has 1 aliphatic rings. The summed E-state index contributed by atoms with van der Waals surface area (Å²) in [5, 5.41) is 7.35. The predicted molar refractivity (Wildman–Crippen MR) is 96.2 cm³/mol. The van der Waals surface area contributed by atoms with Crippen molar-refractivity contribution in [3.8, 4) is 0 Å². The van der Waals surface area contributed by atoms with Crippen LogP contribution >= 0.6 is 0 Å². The summed E-state index contributed by atoms with van der Waals surface area (Å²) in [4.78, 5) is 14.5. The Hall–Kier alpha value is -2.80. The van der Waals surface area contributed by atoms with Crippen LogP contribution in [-0.2, 0) is 4.74 Å². The Morgan fingerprint density at radius 2 is 1.88 bits per heavy atom. The first-order valence-electron chi connectivity index (χ1n) is 8.06. The van der Waals surface area contributed by atoms with Crippen molar-refractivity contribution < 1.29 is 4.74 Å². The highest BCUT2D eigenvalue weighted by Gasteiger charge is 2.11. The zero-order valence-electron chi connectivity index (χ0n) is 13.5. The zero-order chi connectivity index (χ0) is 16.4. The fourth-order valence-electron chi connectivity index (χ4n) is 2.89. The number of nitrogens with one attached hydrogen (secondary N) is 3. The van der Waals surface area contributed by atoms with Crippen molar-refractivity contribution in [2.45, 2.75) is 0 Å². The van der Waals surface area contributed by atoms with E-state index < -0.39 is 0 Å². The molecule has 1 saturated heterocycles. The smallest absolute Gasteiger partial charge is 0.231 e. The number of aromatic amines is 1. The van der Waals surface area contributed by atoms with Crippen molar-refractivity contribution >= 4 is 34.2 Å². The minimum absolute atomic E-state index is 0.563. The lowest BCUT2D eigenvalue weighted by molar-refractivity contribution is 0.122. The van der Waals surface area contributed by atoms with Crippen molar-refractivity contribution in [3.05, 3.63) is 36.5 Å². The van der Waals surface area contributed by atoms with Crippen LogP contribution in [0, 0.1) is 0 Å². The molecule has 3 aromatic rings. The fourth-order valence-corrected chi connectivity index (χ4v) is 2.89. The summed E-state index contributed by atoms with van der Waals surface area (Å²) in [6, 6.07) is 10.3. The van der Waals surface area contributed by atoms with Crippen LogP contribution < -0.4 is 15.5 Å². The maximum Gasteiger partial charge on any atom is 0.231 e. The number of morpholine rings is 1. The molecule has 1 fully saturated rings. The molecule has 0 spiro atoms. The van der Waals surface area contributed by atoms with Crippen molar-refractivity contribution in [2.24, 2.45) is 0 Å². The second-order valence-electron chi connectivity index (χ2n) is 5.66. The fraction of sp³-hybridized carbons (Fsp3) is 0.294. The number of hydrogen-bond donors (Lipinski definition) is 3. The van der Waals surface area contributed by atoms with Gasteiger partial charge in [0.2, 0.25) is 5.95 Å². The molecule has 3 heterocycles. The molecule has 3 N–H and O–H groups in total. The molecule has 124 valence electrons. The van der Waals surface area contributed by atoms with Gasteiger partial charge < -0.3 is 25.3 Å². The van der Waals surface area contributed by atoms with Gasteiger partial charge in [0.1, 0.15) is 11.5 Å². The molecule has 0 unspecified atom stereocenters. The van der Waals surface area contributed by atoms with E-state index in [0.29, 0.717) is 5.95 Å². The van der Waals surface area contributed by atoms with Gasteiger partial charge in [-0.15, -0.1) is 0 Å². The highest BCUT2D eigenvalue weighted by Crippen LogP contribution is 2.24. The lowest BCUT2D eigenvalue weighted by Gasteiger charge is -2.28. The number of rotatable bonds is 4. The summed E-state index contributed by atoms with van der Waals surface area (Å²) in [6.45, 7) is 3.45. The summed E-state index contributed by atoms with van der Waals surface area (Å²) in [6.07, 6.45) is 1.86. The van der Waals surface area contributed by atoms with E-state index in [0.717, 1.165) is 48.8 Å². The molecular weight excluding hydrogens is 304 g/mol. The van der Waals surface area contributed by atoms with Gasteiger partial charge in [-0.25, -0.2) is 0 Å². The molecule has 7 nitrogen and oxygen atoms in total. The number of anilines is 4. The minimum Gasteiger partial charge on any atom is -0.378 e. The van der Waals surface area contributed by atoms with E-state index in [1.54, 1.807) is 0 Å². The number of fused-ring (bicyclic) bond motifs is 1. The second-order valence-corrected chi connectivity index (χ2v) is 5.66. The standard InChI is InChI=1S/C17H20N6O/c1-18-15-14-6-7-19-16(14)22-17(21-15)20-12-2-4-13(5-3-12)23-8-10-24-11-9-23/h2-7H,8-11H2,1H3,(H3,18,19,20,21,22). The molecule has 0 radical (unpaired) electrons. The number of H-pyrrole nitrogens is 1. The first-order valence-corrected chi connectivity index (χ1v) is 8.06. The molecule has 0 atom stereocenters. The molecule has 0 aliphatic carbocycles. The van der Waals surface area contributed by atoms with Crippen LogP contribution in [0.2, 0.25) is 0 Å². The summed E-state index contributed by atoms with van der Waals surface area (Å²) in [5.74, 6) is 1.36. The molecule has 0 amide bonds. The Labute approximate surface area is 140 Å². The SMILES string of the molecule is CNc1nc(Nc2ccc(N3CCOCC3)cc2)nc2[nH]ccc12. The number of ether oxygens (including phenoxy) is 1. The van der Waals surface area contributed by atoms with E-state index in [4.69, 9.17) is 4.74 Å². The first kappa shape index (κ1) is 14.8. The van der Waals surface area contributed by atoms with Gasteiger partial charge in [0.15, 0.2) is 0 Å². The molecule has 1 aromatic carbocycles. The van der Waals surface area contributed by atoms with Gasteiger partial charge in [-0.1, -0.05) is 0 Å². The number of aromatic nitrogens is 3. The van der Waals surface area contributed by atoms with Gasteiger partial charge >= 0.3 is 0 Å². The topological polar surface area (TPSA) is 78.1 Å². The van der Waals surface area contributed by atoms with Gasteiger partial charge in [0, 0.05) is 37.7 Å². The van der Waals surface area contributed by atoms with Crippen LogP contribution in [0.3, 0.4) is 0 Å². The maximum atomic E-state index is 5.39. The van der Waals surface area contributed by atoms with Crippen LogP contribution in [0.25, 0.3) is 11.0 Å². The van der Waals surface area contributed by atoms with Crippen LogP contribution in [0.5, 0.6) is 0 Å². The summed E-state index contributed by atoms with van der Waals surface area (Å²) >= 11 is 0. The molecule has 24 heavy (non-hydrogen) atoms. The van der Waals surface area contributed by atoms with E-state index in [-0.39, 0.29) is 0 Å². The monoisotopic (exact) mass is 324 g/mol. The van der Waals surface area contributed by atoms with E-state index >= 15 is 0 Å². The van der Waals surface area contributed by atoms with E-state index in [1.807, 2.05) is 31.4 Å². The predicted octanol–water partition coefficient (Wildman–Crippen LogP) is 2.58. The van der Waals surface area contributed by atoms with Crippen LogP contribution in [-0.4, -0.2) is 48.3 Å². The molecule has 4 rings (SSSR count).